The first-order valence-corrected chi connectivity index (χ1v) is 7.47. The first-order chi connectivity index (χ1) is 9.10. The van der Waals surface area contributed by atoms with Crippen molar-refractivity contribution in [3.8, 4) is 0 Å². The summed E-state index contributed by atoms with van der Waals surface area (Å²) >= 11 is 2.68. The summed E-state index contributed by atoms with van der Waals surface area (Å²) in [5, 5.41) is 15.2. The van der Waals surface area contributed by atoms with Gasteiger partial charge in [0.1, 0.15) is 0 Å². The van der Waals surface area contributed by atoms with Crippen LogP contribution in [0.1, 0.15) is 16.7 Å². The fraction of sp³-hybridized carbons (Fsp3) is 0.364. The van der Waals surface area contributed by atoms with E-state index in [0.29, 0.717) is 11.7 Å². The minimum absolute atomic E-state index is 0.116. The minimum atomic E-state index is -0.934. The molecule has 102 valence electrons. The van der Waals surface area contributed by atoms with Crippen LogP contribution in [0.5, 0.6) is 0 Å². The summed E-state index contributed by atoms with van der Waals surface area (Å²) in [6.45, 7) is 2.50. The number of hydrogen-bond acceptors (Lipinski definition) is 5. The quantitative estimate of drug-likeness (QED) is 0.788. The molecule has 6 nitrogen and oxygen atoms in total. The first kappa shape index (κ1) is 13.9. The maximum atomic E-state index is 11.7. The number of thiophene rings is 1. The monoisotopic (exact) mass is 299 g/mol. The lowest BCUT2D eigenvalue weighted by Gasteiger charge is -2.02. The van der Waals surface area contributed by atoms with Crippen LogP contribution in [0.3, 0.4) is 0 Å². The second-order valence-electron chi connectivity index (χ2n) is 3.80. The van der Waals surface area contributed by atoms with Crippen LogP contribution in [-0.2, 0) is 17.8 Å². The van der Waals surface area contributed by atoms with Gasteiger partial charge in [-0.25, -0.2) is 9.89 Å². The number of carboxylic acid groups (broad SMARTS) is 1. The van der Waals surface area contributed by atoms with E-state index in [9.17, 15) is 9.59 Å². The number of carbonyl (C=O) groups is 1. The number of carboxylic acids is 1. The van der Waals surface area contributed by atoms with Crippen molar-refractivity contribution in [3.63, 3.8) is 0 Å². The van der Waals surface area contributed by atoms with Crippen molar-refractivity contribution in [1.82, 2.24) is 14.8 Å². The number of aromatic amines is 1. The number of rotatable bonds is 6. The predicted octanol–water partition coefficient (Wildman–Crippen LogP) is 1.42. The van der Waals surface area contributed by atoms with Crippen LogP contribution in [0.2, 0.25) is 0 Å². The second kappa shape index (κ2) is 6.07. The topological polar surface area (TPSA) is 88.0 Å². The SMILES string of the molecule is CCc1ccc(Cn2c(SCC(=O)O)n[nH]c2=O)s1. The number of aliphatic carboxylic acids is 1. The van der Waals surface area contributed by atoms with Crippen molar-refractivity contribution in [2.45, 2.75) is 25.0 Å². The highest BCUT2D eigenvalue weighted by Crippen LogP contribution is 2.20. The molecule has 0 amide bonds. The van der Waals surface area contributed by atoms with E-state index in [1.807, 2.05) is 12.1 Å². The molecule has 0 saturated carbocycles. The smallest absolute Gasteiger partial charge is 0.344 e. The molecule has 0 fully saturated rings. The van der Waals surface area contributed by atoms with E-state index in [-0.39, 0.29) is 11.4 Å². The molecule has 2 aromatic heterocycles. The van der Waals surface area contributed by atoms with Gasteiger partial charge in [-0.1, -0.05) is 18.7 Å². The number of nitrogens with zero attached hydrogens (tertiary/aromatic N) is 2. The predicted molar refractivity (Wildman–Crippen MR) is 74.0 cm³/mol. The average molecular weight is 299 g/mol. The maximum Gasteiger partial charge on any atom is 0.344 e. The average Bonchev–Trinajstić information content (AvgIpc) is 2.96. The molecule has 0 unspecified atom stereocenters. The second-order valence-corrected chi connectivity index (χ2v) is 6.00. The van der Waals surface area contributed by atoms with Crippen LogP contribution in [0.15, 0.2) is 22.1 Å². The summed E-state index contributed by atoms with van der Waals surface area (Å²) in [5.74, 6) is -1.05. The fourth-order valence-electron chi connectivity index (χ4n) is 1.53. The van der Waals surface area contributed by atoms with Crippen LogP contribution < -0.4 is 5.69 Å². The summed E-state index contributed by atoms with van der Waals surface area (Å²) in [6, 6.07) is 4.02. The molecule has 0 spiro atoms. The number of aryl methyl sites for hydroxylation is 1. The van der Waals surface area contributed by atoms with Gasteiger partial charge in [-0.05, 0) is 18.6 Å². The Morgan fingerprint density at radius 1 is 1.53 bits per heavy atom. The lowest BCUT2D eigenvalue weighted by atomic mass is 10.4. The van der Waals surface area contributed by atoms with E-state index in [2.05, 4.69) is 17.1 Å². The molecule has 0 aliphatic heterocycles. The summed E-state index contributed by atoms with van der Waals surface area (Å²) in [7, 11) is 0. The van der Waals surface area contributed by atoms with Gasteiger partial charge in [0, 0.05) is 9.75 Å². The van der Waals surface area contributed by atoms with Gasteiger partial charge in [0.25, 0.3) is 0 Å². The van der Waals surface area contributed by atoms with Crippen molar-refractivity contribution < 1.29 is 9.90 Å². The van der Waals surface area contributed by atoms with Crippen LogP contribution in [0, 0.1) is 0 Å². The summed E-state index contributed by atoms with van der Waals surface area (Å²) < 4.78 is 1.46. The van der Waals surface area contributed by atoms with Gasteiger partial charge in [0.2, 0.25) is 0 Å². The summed E-state index contributed by atoms with van der Waals surface area (Å²) in [5.41, 5.74) is -0.320. The minimum Gasteiger partial charge on any atom is -0.481 e. The van der Waals surface area contributed by atoms with Gasteiger partial charge in [0.05, 0.1) is 12.3 Å². The molecule has 2 N–H and O–H groups in total. The van der Waals surface area contributed by atoms with Gasteiger partial charge in [-0.3, -0.25) is 9.36 Å². The molecule has 2 aromatic rings. The molecule has 0 radical (unpaired) electrons. The highest BCUT2D eigenvalue weighted by atomic mass is 32.2. The van der Waals surface area contributed by atoms with Crippen molar-refractivity contribution >= 4 is 29.1 Å². The third-order valence-electron chi connectivity index (χ3n) is 2.43. The molecular weight excluding hydrogens is 286 g/mol. The van der Waals surface area contributed by atoms with Crippen molar-refractivity contribution in [2.75, 3.05) is 5.75 Å². The maximum absolute atomic E-state index is 11.7. The molecular formula is C11H13N3O3S2. The Labute approximate surface area is 117 Å². The number of nitrogens with one attached hydrogen (secondary N) is 1. The van der Waals surface area contributed by atoms with E-state index in [1.54, 1.807) is 11.3 Å². The highest BCUT2D eigenvalue weighted by molar-refractivity contribution is 7.99. The zero-order valence-corrected chi connectivity index (χ0v) is 11.9. The summed E-state index contributed by atoms with van der Waals surface area (Å²) in [6.07, 6.45) is 0.964. The zero-order chi connectivity index (χ0) is 13.8. The first-order valence-electron chi connectivity index (χ1n) is 5.67. The highest BCUT2D eigenvalue weighted by Gasteiger charge is 2.12. The third kappa shape index (κ3) is 3.48. The van der Waals surface area contributed by atoms with Gasteiger partial charge in [-0.15, -0.1) is 16.4 Å². The van der Waals surface area contributed by atoms with E-state index in [0.717, 1.165) is 23.1 Å². The molecule has 19 heavy (non-hydrogen) atoms. The van der Waals surface area contributed by atoms with E-state index in [1.165, 1.54) is 9.44 Å². The van der Waals surface area contributed by atoms with E-state index in [4.69, 9.17) is 5.11 Å². The number of aromatic nitrogens is 3. The van der Waals surface area contributed by atoms with Crippen LogP contribution in [0.4, 0.5) is 0 Å². The Kier molecular flexibility index (Phi) is 4.43. The number of H-pyrrole nitrogens is 1. The Bertz CT molecular complexity index is 629. The van der Waals surface area contributed by atoms with E-state index >= 15 is 0 Å². The van der Waals surface area contributed by atoms with Crippen LogP contribution in [0.25, 0.3) is 0 Å². The van der Waals surface area contributed by atoms with Gasteiger partial charge in [-0.2, -0.15) is 0 Å². The molecule has 0 atom stereocenters. The molecule has 0 aliphatic carbocycles. The van der Waals surface area contributed by atoms with Gasteiger partial charge >= 0.3 is 11.7 Å². The molecule has 2 heterocycles. The van der Waals surface area contributed by atoms with Crippen molar-refractivity contribution in [2.24, 2.45) is 0 Å². The van der Waals surface area contributed by atoms with Crippen LogP contribution >= 0.6 is 23.1 Å². The van der Waals surface area contributed by atoms with E-state index < -0.39 is 5.97 Å². The van der Waals surface area contributed by atoms with Crippen LogP contribution in [-0.4, -0.2) is 31.6 Å². The zero-order valence-electron chi connectivity index (χ0n) is 10.3. The fourth-order valence-corrected chi connectivity index (χ4v) is 3.15. The van der Waals surface area contributed by atoms with Gasteiger partial charge in [0.15, 0.2) is 5.16 Å². The lowest BCUT2D eigenvalue weighted by molar-refractivity contribution is -0.133. The molecule has 0 saturated heterocycles. The molecule has 8 heteroatoms. The molecule has 0 aliphatic rings. The van der Waals surface area contributed by atoms with Crippen molar-refractivity contribution in [1.29, 1.82) is 0 Å². The third-order valence-corrected chi connectivity index (χ3v) is 4.60. The number of thioether (sulfide) groups is 1. The Morgan fingerprint density at radius 2 is 2.26 bits per heavy atom. The lowest BCUT2D eigenvalue weighted by Crippen LogP contribution is -2.18. The summed E-state index contributed by atoms with van der Waals surface area (Å²) in [4.78, 5) is 24.5. The van der Waals surface area contributed by atoms with Crippen molar-refractivity contribution in [3.05, 3.63) is 32.4 Å². The standard InChI is InChI=1S/C11H13N3O3S2/c1-2-7-3-4-8(19-7)5-14-10(17)12-13-11(14)18-6-9(15)16/h3-4H,2,5-6H2,1H3,(H,12,17)(H,15,16). The van der Waals surface area contributed by atoms with Gasteiger partial charge < -0.3 is 5.11 Å². The Morgan fingerprint density at radius 3 is 2.89 bits per heavy atom. The molecule has 0 aromatic carbocycles. The number of hydrogen-bond donors (Lipinski definition) is 2. The molecule has 2 rings (SSSR count). The normalized spacial score (nSPS) is 10.8. The molecule has 0 bridgehead atoms. The Balaban J connectivity index is 2.16. The Hall–Kier alpha value is -1.54. The largest absolute Gasteiger partial charge is 0.481 e.